The van der Waals surface area contributed by atoms with Crippen molar-refractivity contribution in [2.45, 2.75) is 6.54 Å². The first-order chi connectivity index (χ1) is 7.66. The number of hydrogen-bond donors (Lipinski definition) is 0. The molecule has 1 aromatic heterocycles. The van der Waals surface area contributed by atoms with Gasteiger partial charge in [0.25, 0.3) is 0 Å². The van der Waals surface area contributed by atoms with Crippen LogP contribution in [0, 0.1) is 5.82 Å². The van der Waals surface area contributed by atoms with E-state index < -0.39 is 5.82 Å². The molecule has 0 unspecified atom stereocenters. The van der Waals surface area contributed by atoms with Gasteiger partial charge in [0.2, 0.25) is 0 Å². The molecule has 0 aromatic carbocycles. The number of rotatable bonds is 2. The number of nitrogens with zero attached hydrogens (tertiary/aromatic N) is 2. The first-order valence-electron chi connectivity index (χ1n) is 4.97. The van der Waals surface area contributed by atoms with E-state index in [4.69, 9.17) is 27.9 Å². The van der Waals surface area contributed by atoms with Crippen LogP contribution in [0.1, 0.15) is 5.56 Å². The Morgan fingerprint density at radius 3 is 2.75 bits per heavy atom. The van der Waals surface area contributed by atoms with Crippen molar-refractivity contribution in [3.05, 3.63) is 27.8 Å². The van der Waals surface area contributed by atoms with Crippen LogP contribution in [0.3, 0.4) is 0 Å². The molecule has 6 heteroatoms. The molecule has 3 nitrogen and oxygen atoms in total. The van der Waals surface area contributed by atoms with Crippen LogP contribution in [0.5, 0.6) is 0 Å². The van der Waals surface area contributed by atoms with Gasteiger partial charge in [-0.3, -0.25) is 4.90 Å². The van der Waals surface area contributed by atoms with Gasteiger partial charge in [-0.05, 0) is 6.07 Å². The van der Waals surface area contributed by atoms with Crippen LogP contribution in [0.4, 0.5) is 4.39 Å². The van der Waals surface area contributed by atoms with E-state index in [-0.39, 0.29) is 10.3 Å². The van der Waals surface area contributed by atoms with E-state index in [0.717, 1.165) is 13.1 Å². The van der Waals surface area contributed by atoms with Crippen LogP contribution < -0.4 is 0 Å². The maximum Gasteiger partial charge on any atom is 0.166 e. The summed E-state index contributed by atoms with van der Waals surface area (Å²) in [6.07, 6.45) is 0. The summed E-state index contributed by atoms with van der Waals surface area (Å²) in [5.41, 5.74) is 0.479. The second-order valence-corrected chi connectivity index (χ2v) is 4.34. The average Bonchev–Trinajstić information content (AvgIpc) is 2.27. The highest BCUT2D eigenvalue weighted by Crippen LogP contribution is 2.21. The fourth-order valence-corrected chi connectivity index (χ4v) is 2.10. The number of halogens is 3. The Morgan fingerprint density at radius 2 is 2.06 bits per heavy atom. The molecule has 0 bridgehead atoms. The number of pyridine rings is 1. The maximum absolute atomic E-state index is 13.6. The van der Waals surface area contributed by atoms with Gasteiger partial charge in [0.05, 0.1) is 13.2 Å². The van der Waals surface area contributed by atoms with E-state index in [1.54, 1.807) is 0 Å². The summed E-state index contributed by atoms with van der Waals surface area (Å²) in [6, 6.07) is 1.51. The fourth-order valence-electron chi connectivity index (χ4n) is 1.63. The summed E-state index contributed by atoms with van der Waals surface area (Å²) in [6.45, 7) is 3.41. The first-order valence-corrected chi connectivity index (χ1v) is 5.73. The molecule has 0 saturated carbocycles. The predicted octanol–water partition coefficient (Wildman–Crippen LogP) is 2.36. The highest BCUT2D eigenvalue weighted by atomic mass is 35.5. The van der Waals surface area contributed by atoms with E-state index in [1.807, 2.05) is 0 Å². The van der Waals surface area contributed by atoms with Crippen LogP contribution >= 0.6 is 23.2 Å². The van der Waals surface area contributed by atoms with Crippen molar-refractivity contribution in [2.24, 2.45) is 0 Å². The fraction of sp³-hybridized carbons (Fsp3) is 0.500. The number of hydrogen-bond acceptors (Lipinski definition) is 3. The largest absolute Gasteiger partial charge is 0.379 e. The van der Waals surface area contributed by atoms with Crippen molar-refractivity contribution < 1.29 is 9.13 Å². The summed E-state index contributed by atoms with van der Waals surface area (Å²) in [5, 5.41) is 0.0467. The molecule has 1 aromatic rings. The van der Waals surface area contributed by atoms with Crippen molar-refractivity contribution >= 4 is 23.2 Å². The normalized spacial score (nSPS) is 17.7. The molecule has 1 saturated heterocycles. The third-order valence-corrected chi connectivity index (χ3v) is 2.90. The Hall–Kier alpha value is -0.420. The minimum Gasteiger partial charge on any atom is -0.379 e. The second-order valence-electron chi connectivity index (χ2n) is 3.60. The molecular weight excluding hydrogens is 254 g/mol. The lowest BCUT2D eigenvalue weighted by atomic mass is 10.2. The third-order valence-electron chi connectivity index (χ3n) is 2.46. The minimum absolute atomic E-state index is 0.171. The molecular formula is C10H11Cl2FN2O. The number of aromatic nitrogens is 1. The average molecular weight is 265 g/mol. The second kappa shape index (κ2) is 5.27. The van der Waals surface area contributed by atoms with E-state index >= 15 is 0 Å². The monoisotopic (exact) mass is 264 g/mol. The highest BCUT2D eigenvalue weighted by molar-refractivity contribution is 6.32. The zero-order valence-corrected chi connectivity index (χ0v) is 10.1. The molecule has 0 spiro atoms. The Kier molecular flexibility index (Phi) is 3.97. The maximum atomic E-state index is 13.6. The minimum atomic E-state index is -0.488. The molecule has 2 heterocycles. The zero-order valence-electron chi connectivity index (χ0n) is 8.55. The van der Waals surface area contributed by atoms with Gasteiger partial charge in [-0.2, -0.15) is 0 Å². The van der Waals surface area contributed by atoms with Crippen LogP contribution in [-0.4, -0.2) is 36.2 Å². The smallest absolute Gasteiger partial charge is 0.166 e. The molecule has 1 fully saturated rings. The van der Waals surface area contributed by atoms with Crippen molar-refractivity contribution in [3.8, 4) is 0 Å². The Labute approximate surface area is 103 Å². The van der Waals surface area contributed by atoms with Gasteiger partial charge >= 0.3 is 0 Å². The molecule has 0 atom stereocenters. The number of morpholine rings is 1. The van der Waals surface area contributed by atoms with E-state index in [9.17, 15) is 4.39 Å². The Balaban J connectivity index is 2.13. The van der Waals surface area contributed by atoms with Gasteiger partial charge in [-0.1, -0.05) is 23.2 Å². The molecule has 0 N–H and O–H groups in total. The summed E-state index contributed by atoms with van der Waals surface area (Å²) < 4.78 is 18.8. The predicted molar refractivity (Wildman–Crippen MR) is 60.3 cm³/mol. The van der Waals surface area contributed by atoms with Gasteiger partial charge in [0.1, 0.15) is 5.15 Å². The molecule has 16 heavy (non-hydrogen) atoms. The molecule has 2 rings (SSSR count). The van der Waals surface area contributed by atoms with Crippen molar-refractivity contribution in [3.63, 3.8) is 0 Å². The van der Waals surface area contributed by atoms with E-state index in [0.29, 0.717) is 25.3 Å². The summed E-state index contributed by atoms with van der Waals surface area (Å²) in [4.78, 5) is 5.73. The quantitative estimate of drug-likeness (QED) is 0.767. The van der Waals surface area contributed by atoms with Crippen molar-refractivity contribution in [1.82, 2.24) is 9.88 Å². The summed E-state index contributed by atoms with van der Waals surface area (Å²) in [5.74, 6) is -0.488. The van der Waals surface area contributed by atoms with Gasteiger partial charge in [0.15, 0.2) is 11.0 Å². The van der Waals surface area contributed by atoms with Gasteiger partial charge in [-0.15, -0.1) is 0 Å². The molecule has 0 aliphatic carbocycles. The van der Waals surface area contributed by atoms with E-state index in [2.05, 4.69) is 9.88 Å². The lowest BCUT2D eigenvalue weighted by Gasteiger charge is -2.26. The lowest BCUT2D eigenvalue weighted by molar-refractivity contribution is 0.0337. The lowest BCUT2D eigenvalue weighted by Crippen LogP contribution is -2.35. The summed E-state index contributed by atoms with van der Waals surface area (Å²) in [7, 11) is 0. The molecule has 1 aliphatic rings. The van der Waals surface area contributed by atoms with Gasteiger partial charge in [-0.25, -0.2) is 9.37 Å². The Bertz CT molecular complexity index is 383. The summed E-state index contributed by atoms with van der Waals surface area (Å²) >= 11 is 11.4. The number of ether oxygens (including phenoxy) is 1. The first kappa shape index (κ1) is 12.0. The van der Waals surface area contributed by atoms with Crippen molar-refractivity contribution in [1.29, 1.82) is 0 Å². The highest BCUT2D eigenvalue weighted by Gasteiger charge is 2.16. The SMILES string of the molecule is Fc1c(CN2CCOCC2)cc(Cl)nc1Cl. The Morgan fingerprint density at radius 1 is 1.38 bits per heavy atom. The van der Waals surface area contributed by atoms with Crippen LogP contribution in [-0.2, 0) is 11.3 Å². The van der Waals surface area contributed by atoms with Gasteiger partial charge < -0.3 is 4.74 Å². The van der Waals surface area contributed by atoms with Crippen LogP contribution in [0.2, 0.25) is 10.3 Å². The zero-order chi connectivity index (χ0) is 11.5. The molecule has 0 amide bonds. The van der Waals surface area contributed by atoms with Gasteiger partial charge in [0, 0.05) is 25.2 Å². The topological polar surface area (TPSA) is 25.4 Å². The van der Waals surface area contributed by atoms with Crippen molar-refractivity contribution in [2.75, 3.05) is 26.3 Å². The van der Waals surface area contributed by atoms with Crippen LogP contribution in [0.25, 0.3) is 0 Å². The van der Waals surface area contributed by atoms with Crippen LogP contribution in [0.15, 0.2) is 6.07 Å². The third kappa shape index (κ3) is 2.83. The molecule has 1 aliphatic heterocycles. The van der Waals surface area contributed by atoms with E-state index in [1.165, 1.54) is 6.07 Å². The molecule has 88 valence electrons. The molecule has 0 radical (unpaired) electrons. The standard InChI is InChI=1S/C10H11Cl2FN2O/c11-8-5-7(9(13)10(12)14-8)6-15-1-3-16-4-2-15/h5H,1-4,6H2.